The second-order valence-electron chi connectivity index (χ2n) is 5.82. The van der Waals surface area contributed by atoms with Crippen LogP contribution in [0.5, 0.6) is 5.75 Å². The number of para-hydroxylation sites is 1. The first-order valence-electron chi connectivity index (χ1n) is 6.92. The summed E-state index contributed by atoms with van der Waals surface area (Å²) in [6.45, 7) is 12.0. The van der Waals surface area contributed by atoms with E-state index in [4.69, 9.17) is 4.74 Å². The van der Waals surface area contributed by atoms with Gasteiger partial charge in [0.1, 0.15) is 5.75 Å². The van der Waals surface area contributed by atoms with Crippen LogP contribution in [0.25, 0.3) is 0 Å². The predicted octanol–water partition coefficient (Wildman–Crippen LogP) is 3.73. The zero-order chi connectivity index (χ0) is 13.4. The Labute approximate surface area is 112 Å². The molecule has 1 N–H and O–H groups in total. The lowest BCUT2D eigenvalue weighted by atomic mass is 9.79. The van der Waals surface area contributed by atoms with E-state index in [1.807, 2.05) is 30.3 Å². The second kappa shape index (κ2) is 7.42. The average molecular weight is 249 g/mol. The van der Waals surface area contributed by atoms with Crippen LogP contribution in [0.15, 0.2) is 30.3 Å². The molecule has 0 radical (unpaired) electrons. The lowest BCUT2D eigenvalue weighted by molar-refractivity contribution is 0.180. The molecule has 0 heterocycles. The molecule has 1 unspecified atom stereocenters. The molecule has 0 bridgehead atoms. The van der Waals surface area contributed by atoms with Gasteiger partial charge >= 0.3 is 0 Å². The number of benzene rings is 1. The van der Waals surface area contributed by atoms with Crippen LogP contribution in [0, 0.1) is 11.3 Å². The Balaban J connectivity index is 2.38. The van der Waals surface area contributed by atoms with Crippen LogP contribution < -0.4 is 10.1 Å². The van der Waals surface area contributed by atoms with Gasteiger partial charge in [0.25, 0.3) is 0 Å². The van der Waals surface area contributed by atoms with Crippen LogP contribution in [0.1, 0.15) is 34.1 Å². The Kier molecular flexibility index (Phi) is 6.20. The first-order chi connectivity index (χ1) is 8.54. The lowest BCUT2D eigenvalue weighted by Gasteiger charge is -2.31. The van der Waals surface area contributed by atoms with Crippen molar-refractivity contribution in [1.29, 1.82) is 0 Å². The maximum Gasteiger partial charge on any atom is 0.119 e. The van der Waals surface area contributed by atoms with Crippen molar-refractivity contribution in [2.24, 2.45) is 11.3 Å². The number of nitrogens with one attached hydrogen (secondary N) is 1. The minimum absolute atomic E-state index is 0.322. The Morgan fingerprint density at radius 3 is 2.39 bits per heavy atom. The number of hydrogen-bond donors (Lipinski definition) is 1. The van der Waals surface area contributed by atoms with Crippen LogP contribution in [-0.2, 0) is 0 Å². The van der Waals surface area contributed by atoms with E-state index in [2.05, 4.69) is 33.0 Å². The molecule has 0 aliphatic rings. The maximum atomic E-state index is 5.78. The highest BCUT2D eigenvalue weighted by atomic mass is 16.5. The van der Waals surface area contributed by atoms with Crippen LogP contribution in [0.2, 0.25) is 0 Å². The zero-order valence-electron chi connectivity index (χ0n) is 12.2. The molecule has 1 atom stereocenters. The smallest absolute Gasteiger partial charge is 0.119 e. The van der Waals surface area contributed by atoms with Crippen LogP contribution in [0.3, 0.4) is 0 Å². The van der Waals surface area contributed by atoms with Gasteiger partial charge in [0.2, 0.25) is 0 Å². The molecule has 0 saturated heterocycles. The molecule has 18 heavy (non-hydrogen) atoms. The van der Waals surface area contributed by atoms with Crippen molar-refractivity contribution >= 4 is 0 Å². The fourth-order valence-electron chi connectivity index (χ4n) is 2.00. The Bertz CT molecular complexity index is 316. The quantitative estimate of drug-likeness (QED) is 0.795. The molecule has 0 spiro atoms. The first-order valence-corrected chi connectivity index (χ1v) is 6.92. The van der Waals surface area contributed by atoms with Crippen LogP contribution >= 0.6 is 0 Å². The molecule has 1 rings (SSSR count). The van der Waals surface area contributed by atoms with Crippen molar-refractivity contribution in [1.82, 2.24) is 5.32 Å². The minimum atomic E-state index is 0.322. The van der Waals surface area contributed by atoms with Gasteiger partial charge in [0.05, 0.1) is 6.61 Å². The molecule has 2 heteroatoms. The molecule has 0 aromatic heterocycles. The Morgan fingerprint density at radius 2 is 1.83 bits per heavy atom. The van der Waals surface area contributed by atoms with E-state index in [-0.39, 0.29) is 0 Å². The minimum Gasteiger partial charge on any atom is -0.494 e. The summed E-state index contributed by atoms with van der Waals surface area (Å²) in [7, 11) is 0. The zero-order valence-corrected chi connectivity index (χ0v) is 12.2. The lowest BCUT2D eigenvalue weighted by Crippen LogP contribution is -2.33. The highest BCUT2D eigenvalue weighted by Crippen LogP contribution is 2.28. The highest BCUT2D eigenvalue weighted by molar-refractivity contribution is 5.20. The molecule has 1 aromatic rings. The first kappa shape index (κ1) is 15.0. The standard InChI is InChI=1S/C16H27NO/c1-5-17-13-14(16(2,3)4)11-12-18-15-9-7-6-8-10-15/h6-10,14,17H,5,11-13H2,1-4H3. The monoisotopic (exact) mass is 249 g/mol. The maximum absolute atomic E-state index is 5.78. The number of rotatable bonds is 7. The molecule has 0 aliphatic carbocycles. The third-order valence-corrected chi connectivity index (χ3v) is 3.34. The fraction of sp³-hybridized carbons (Fsp3) is 0.625. The highest BCUT2D eigenvalue weighted by Gasteiger charge is 2.23. The number of hydrogen-bond acceptors (Lipinski definition) is 2. The second-order valence-corrected chi connectivity index (χ2v) is 5.82. The van der Waals surface area contributed by atoms with Gasteiger partial charge in [0.15, 0.2) is 0 Å². The summed E-state index contributed by atoms with van der Waals surface area (Å²) in [5.74, 6) is 1.61. The molecule has 0 saturated carbocycles. The summed E-state index contributed by atoms with van der Waals surface area (Å²) < 4.78 is 5.78. The summed E-state index contributed by atoms with van der Waals surface area (Å²) >= 11 is 0. The molecule has 102 valence electrons. The van der Waals surface area contributed by atoms with Gasteiger partial charge in [0, 0.05) is 0 Å². The molecular formula is C16H27NO. The average Bonchev–Trinajstić information content (AvgIpc) is 2.33. The molecule has 1 aromatic carbocycles. The topological polar surface area (TPSA) is 21.3 Å². The predicted molar refractivity (Wildman–Crippen MR) is 78.0 cm³/mol. The number of ether oxygens (including phenoxy) is 1. The van der Waals surface area contributed by atoms with E-state index in [9.17, 15) is 0 Å². The molecule has 2 nitrogen and oxygen atoms in total. The molecule has 0 amide bonds. The van der Waals surface area contributed by atoms with Gasteiger partial charge in [-0.2, -0.15) is 0 Å². The normalized spacial score (nSPS) is 13.3. The fourth-order valence-corrected chi connectivity index (χ4v) is 2.00. The van der Waals surface area contributed by atoms with Crippen molar-refractivity contribution in [2.45, 2.75) is 34.1 Å². The third kappa shape index (κ3) is 5.54. The molecule has 0 aliphatic heterocycles. The summed E-state index contributed by atoms with van der Waals surface area (Å²) in [4.78, 5) is 0. The van der Waals surface area contributed by atoms with E-state index < -0.39 is 0 Å². The van der Waals surface area contributed by atoms with Gasteiger partial charge in [-0.1, -0.05) is 45.9 Å². The SMILES string of the molecule is CCNCC(CCOc1ccccc1)C(C)(C)C. The largest absolute Gasteiger partial charge is 0.494 e. The van der Waals surface area contributed by atoms with Crippen LogP contribution in [-0.4, -0.2) is 19.7 Å². The van der Waals surface area contributed by atoms with Gasteiger partial charge in [-0.3, -0.25) is 0 Å². The summed E-state index contributed by atoms with van der Waals surface area (Å²) in [6, 6.07) is 10.0. The summed E-state index contributed by atoms with van der Waals surface area (Å²) in [6.07, 6.45) is 1.09. The van der Waals surface area contributed by atoms with Crippen molar-refractivity contribution in [3.63, 3.8) is 0 Å². The molecular weight excluding hydrogens is 222 g/mol. The van der Waals surface area contributed by atoms with E-state index >= 15 is 0 Å². The summed E-state index contributed by atoms with van der Waals surface area (Å²) in [5, 5.41) is 3.45. The van der Waals surface area contributed by atoms with Gasteiger partial charge in [-0.05, 0) is 43.0 Å². The van der Waals surface area contributed by atoms with Gasteiger partial charge < -0.3 is 10.1 Å². The van der Waals surface area contributed by atoms with E-state index in [0.717, 1.165) is 31.9 Å². The van der Waals surface area contributed by atoms with Crippen molar-refractivity contribution < 1.29 is 4.74 Å². The Morgan fingerprint density at radius 1 is 1.17 bits per heavy atom. The Hall–Kier alpha value is -1.02. The van der Waals surface area contributed by atoms with E-state index in [1.165, 1.54) is 0 Å². The van der Waals surface area contributed by atoms with E-state index in [0.29, 0.717) is 11.3 Å². The summed E-state index contributed by atoms with van der Waals surface area (Å²) in [5.41, 5.74) is 0.322. The van der Waals surface area contributed by atoms with Crippen molar-refractivity contribution in [2.75, 3.05) is 19.7 Å². The third-order valence-electron chi connectivity index (χ3n) is 3.34. The van der Waals surface area contributed by atoms with Crippen molar-refractivity contribution in [3.05, 3.63) is 30.3 Å². The van der Waals surface area contributed by atoms with E-state index in [1.54, 1.807) is 0 Å². The molecule has 0 fully saturated rings. The van der Waals surface area contributed by atoms with Crippen molar-refractivity contribution in [3.8, 4) is 5.75 Å². The van der Waals surface area contributed by atoms with Crippen LogP contribution in [0.4, 0.5) is 0 Å². The van der Waals surface area contributed by atoms with Gasteiger partial charge in [-0.25, -0.2) is 0 Å². The van der Waals surface area contributed by atoms with Gasteiger partial charge in [-0.15, -0.1) is 0 Å².